The Hall–Kier alpha value is -1.64. The molecule has 1 aliphatic heterocycles. The van der Waals surface area contributed by atoms with Gasteiger partial charge in [0.05, 0.1) is 6.10 Å². The van der Waals surface area contributed by atoms with Crippen molar-refractivity contribution in [3.05, 3.63) is 60.2 Å². The maximum Gasteiger partial charge on any atom is 0.0951 e. The third-order valence-corrected chi connectivity index (χ3v) is 4.31. The second-order valence-corrected chi connectivity index (χ2v) is 5.59. The van der Waals surface area contributed by atoms with Gasteiger partial charge >= 0.3 is 0 Å². The fourth-order valence-electron chi connectivity index (χ4n) is 3.18. The summed E-state index contributed by atoms with van der Waals surface area (Å²) in [4.78, 5) is 2.27. The van der Waals surface area contributed by atoms with E-state index in [4.69, 9.17) is 0 Å². The molecule has 0 saturated carbocycles. The van der Waals surface area contributed by atoms with Crippen LogP contribution in [0.5, 0.6) is 0 Å². The highest BCUT2D eigenvalue weighted by molar-refractivity contribution is 5.67. The van der Waals surface area contributed by atoms with E-state index < -0.39 is 6.10 Å². The van der Waals surface area contributed by atoms with Crippen LogP contribution >= 0.6 is 0 Å². The van der Waals surface area contributed by atoms with Crippen molar-refractivity contribution in [2.75, 3.05) is 13.6 Å². The van der Waals surface area contributed by atoms with Crippen LogP contribution in [0.2, 0.25) is 0 Å². The van der Waals surface area contributed by atoms with Gasteiger partial charge in [0, 0.05) is 6.04 Å². The number of likely N-dealkylation sites (tertiary alicyclic amines) is 1. The van der Waals surface area contributed by atoms with E-state index in [9.17, 15) is 5.11 Å². The standard InChI is InChI=1S/C18H21NO/c1-19-13-7-12-17(19)18(20)16-11-6-5-10-15(16)14-8-3-2-4-9-14/h2-6,8-11,17-18,20H,7,12-13H2,1H3. The van der Waals surface area contributed by atoms with Crippen LogP contribution in [0.15, 0.2) is 54.6 Å². The maximum atomic E-state index is 10.8. The minimum Gasteiger partial charge on any atom is -0.387 e. The van der Waals surface area contributed by atoms with Crippen LogP contribution < -0.4 is 0 Å². The Kier molecular flexibility index (Phi) is 3.86. The van der Waals surface area contributed by atoms with Gasteiger partial charge in [-0.25, -0.2) is 0 Å². The molecule has 1 heterocycles. The van der Waals surface area contributed by atoms with Gasteiger partial charge in [-0.2, -0.15) is 0 Å². The molecule has 0 radical (unpaired) electrons. The number of likely N-dealkylation sites (N-methyl/N-ethyl adjacent to an activating group) is 1. The van der Waals surface area contributed by atoms with Crippen molar-refractivity contribution in [3.63, 3.8) is 0 Å². The molecule has 1 aliphatic rings. The van der Waals surface area contributed by atoms with Crippen molar-refractivity contribution in [3.8, 4) is 11.1 Å². The smallest absolute Gasteiger partial charge is 0.0951 e. The summed E-state index contributed by atoms with van der Waals surface area (Å²) in [6, 6.07) is 18.8. The van der Waals surface area contributed by atoms with E-state index in [0.717, 1.165) is 24.1 Å². The summed E-state index contributed by atoms with van der Waals surface area (Å²) in [5.41, 5.74) is 3.35. The zero-order chi connectivity index (χ0) is 13.9. The first kappa shape index (κ1) is 13.3. The Morgan fingerprint density at radius 1 is 1.05 bits per heavy atom. The molecule has 0 aromatic heterocycles. The highest BCUT2D eigenvalue weighted by atomic mass is 16.3. The van der Waals surface area contributed by atoms with Crippen molar-refractivity contribution in [2.24, 2.45) is 0 Å². The highest BCUT2D eigenvalue weighted by Crippen LogP contribution is 2.34. The molecule has 104 valence electrons. The lowest BCUT2D eigenvalue weighted by molar-refractivity contribution is 0.0861. The van der Waals surface area contributed by atoms with Crippen LogP contribution in [-0.4, -0.2) is 29.6 Å². The zero-order valence-corrected chi connectivity index (χ0v) is 11.9. The number of benzene rings is 2. The molecule has 2 aromatic carbocycles. The first-order valence-electron chi connectivity index (χ1n) is 7.30. The first-order chi connectivity index (χ1) is 9.77. The number of hydrogen-bond donors (Lipinski definition) is 1. The van der Waals surface area contributed by atoms with Crippen molar-refractivity contribution in [2.45, 2.75) is 25.0 Å². The van der Waals surface area contributed by atoms with E-state index in [1.807, 2.05) is 30.3 Å². The van der Waals surface area contributed by atoms with Crippen LogP contribution in [0.4, 0.5) is 0 Å². The molecule has 1 fully saturated rings. The van der Waals surface area contributed by atoms with Gasteiger partial charge in [0.2, 0.25) is 0 Å². The lowest BCUT2D eigenvalue weighted by Gasteiger charge is -2.27. The van der Waals surface area contributed by atoms with Crippen LogP contribution in [0.1, 0.15) is 24.5 Å². The molecule has 0 bridgehead atoms. The Labute approximate surface area is 120 Å². The Bertz CT molecular complexity index is 567. The van der Waals surface area contributed by atoms with E-state index in [2.05, 4.69) is 36.2 Å². The molecule has 2 aromatic rings. The van der Waals surface area contributed by atoms with Gasteiger partial charge in [-0.05, 0) is 43.1 Å². The van der Waals surface area contributed by atoms with Crippen LogP contribution in [0, 0.1) is 0 Å². The summed E-state index contributed by atoms with van der Waals surface area (Å²) in [6.45, 7) is 1.08. The fourth-order valence-corrected chi connectivity index (χ4v) is 3.18. The second-order valence-electron chi connectivity index (χ2n) is 5.59. The monoisotopic (exact) mass is 267 g/mol. The normalized spacial score (nSPS) is 21.0. The molecule has 2 unspecified atom stereocenters. The molecule has 2 heteroatoms. The topological polar surface area (TPSA) is 23.5 Å². The van der Waals surface area contributed by atoms with Crippen molar-refractivity contribution < 1.29 is 5.11 Å². The third-order valence-electron chi connectivity index (χ3n) is 4.31. The summed E-state index contributed by atoms with van der Waals surface area (Å²) in [5.74, 6) is 0. The maximum absolute atomic E-state index is 10.8. The predicted molar refractivity (Wildman–Crippen MR) is 82.5 cm³/mol. The predicted octanol–water partition coefficient (Wildman–Crippen LogP) is 3.48. The van der Waals surface area contributed by atoms with Crippen LogP contribution in [-0.2, 0) is 0 Å². The molecule has 0 aliphatic carbocycles. The molecular formula is C18H21NO. The first-order valence-corrected chi connectivity index (χ1v) is 7.30. The van der Waals surface area contributed by atoms with Gasteiger partial charge < -0.3 is 10.0 Å². The molecule has 3 rings (SSSR count). The molecule has 0 amide bonds. The summed E-state index contributed by atoms with van der Waals surface area (Å²) < 4.78 is 0. The minimum atomic E-state index is -0.418. The van der Waals surface area contributed by atoms with Gasteiger partial charge in [-0.15, -0.1) is 0 Å². The number of aliphatic hydroxyl groups excluding tert-OH is 1. The molecular weight excluding hydrogens is 246 g/mol. The van der Waals surface area contributed by atoms with E-state index in [-0.39, 0.29) is 6.04 Å². The third kappa shape index (κ3) is 2.49. The molecule has 2 nitrogen and oxygen atoms in total. The average molecular weight is 267 g/mol. The Morgan fingerprint density at radius 2 is 1.75 bits per heavy atom. The lowest BCUT2D eigenvalue weighted by Crippen LogP contribution is -2.31. The summed E-state index contributed by atoms with van der Waals surface area (Å²) in [7, 11) is 2.10. The fraction of sp³-hybridized carbons (Fsp3) is 0.333. The number of hydrogen-bond acceptors (Lipinski definition) is 2. The SMILES string of the molecule is CN1CCCC1C(O)c1ccccc1-c1ccccc1. The quantitative estimate of drug-likeness (QED) is 0.920. The van der Waals surface area contributed by atoms with Gasteiger partial charge in [-0.1, -0.05) is 54.6 Å². The van der Waals surface area contributed by atoms with E-state index in [1.54, 1.807) is 0 Å². The molecule has 2 atom stereocenters. The number of nitrogens with zero attached hydrogens (tertiary/aromatic N) is 1. The molecule has 1 N–H and O–H groups in total. The van der Waals surface area contributed by atoms with Crippen LogP contribution in [0.3, 0.4) is 0 Å². The molecule has 1 saturated heterocycles. The average Bonchev–Trinajstić information content (AvgIpc) is 2.93. The largest absolute Gasteiger partial charge is 0.387 e. The van der Waals surface area contributed by atoms with Crippen molar-refractivity contribution in [1.29, 1.82) is 0 Å². The van der Waals surface area contributed by atoms with E-state index in [1.165, 1.54) is 12.0 Å². The van der Waals surface area contributed by atoms with Gasteiger partial charge in [0.1, 0.15) is 0 Å². The molecule has 20 heavy (non-hydrogen) atoms. The van der Waals surface area contributed by atoms with E-state index >= 15 is 0 Å². The second kappa shape index (κ2) is 5.78. The molecule has 0 spiro atoms. The number of aliphatic hydroxyl groups is 1. The van der Waals surface area contributed by atoms with Crippen molar-refractivity contribution >= 4 is 0 Å². The lowest BCUT2D eigenvalue weighted by atomic mass is 9.92. The van der Waals surface area contributed by atoms with Gasteiger partial charge in [0.15, 0.2) is 0 Å². The summed E-state index contributed by atoms with van der Waals surface area (Å²) in [5, 5.41) is 10.8. The number of rotatable bonds is 3. The van der Waals surface area contributed by atoms with Crippen LogP contribution in [0.25, 0.3) is 11.1 Å². The zero-order valence-electron chi connectivity index (χ0n) is 11.9. The minimum absolute atomic E-state index is 0.236. The van der Waals surface area contributed by atoms with Gasteiger partial charge in [-0.3, -0.25) is 0 Å². The van der Waals surface area contributed by atoms with Gasteiger partial charge in [0.25, 0.3) is 0 Å². The van der Waals surface area contributed by atoms with Crippen molar-refractivity contribution in [1.82, 2.24) is 4.90 Å². The summed E-state index contributed by atoms with van der Waals surface area (Å²) >= 11 is 0. The van der Waals surface area contributed by atoms with E-state index in [0.29, 0.717) is 0 Å². The highest BCUT2D eigenvalue weighted by Gasteiger charge is 2.30. The Balaban J connectivity index is 1.98. The Morgan fingerprint density at radius 3 is 2.45 bits per heavy atom. The summed E-state index contributed by atoms with van der Waals surface area (Å²) in [6.07, 6.45) is 1.82.